The first-order valence-electron chi connectivity index (χ1n) is 7.20. The van der Waals surface area contributed by atoms with Crippen molar-refractivity contribution in [3.8, 4) is 0 Å². The van der Waals surface area contributed by atoms with Gasteiger partial charge in [-0.15, -0.1) is 11.3 Å². The summed E-state index contributed by atoms with van der Waals surface area (Å²) in [5, 5.41) is 12.3. The predicted octanol–water partition coefficient (Wildman–Crippen LogP) is 3.49. The molecule has 1 aromatic heterocycles. The highest BCUT2D eigenvalue weighted by Gasteiger charge is 2.06. The smallest absolute Gasteiger partial charge is 0.308 e. The van der Waals surface area contributed by atoms with Crippen LogP contribution in [-0.4, -0.2) is 17.1 Å². The van der Waals surface area contributed by atoms with Crippen molar-refractivity contribution in [2.24, 2.45) is 0 Å². The molecule has 0 saturated carbocycles. The first-order chi connectivity index (χ1) is 10.1. The summed E-state index contributed by atoms with van der Waals surface area (Å²) >= 11 is 1.57. The number of benzene rings is 1. The van der Waals surface area contributed by atoms with E-state index in [4.69, 9.17) is 5.11 Å². The molecule has 1 heterocycles. The van der Waals surface area contributed by atoms with E-state index in [2.05, 4.69) is 36.5 Å². The van der Waals surface area contributed by atoms with Crippen LogP contribution in [0.5, 0.6) is 0 Å². The summed E-state index contributed by atoms with van der Waals surface area (Å²) in [5.74, 6) is -0.771. The van der Waals surface area contributed by atoms with Crippen LogP contribution in [-0.2, 0) is 24.2 Å². The van der Waals surface area contributed by atoms with E-state index < -0.39 is 5.97 Å². The molecular formula is C17H21NO2S. The van der Waals surface area contributed by atoms with Crippen molar-refractivity contribution in [3.63, 3.8) is 0 Å². The van der Waals surface area contributed by atoms with Gasteiger partial charge in [-0.3, -0.25) is 4.79 Å². The Hall–Kier alpha value is -1.65. The van der Waals surface area contributed by atoms with Gasteiger partial charge >= 0.3 is 5.97 Å². The summed E-state index contributed by atoms with van der Waals surface area (Å²) in [4.78, 5) is 12.8. The Labute approximate surface area is 129 Å². The molecule has 1 atom stereocenters. The minimum atomic E-state index is -0.771. The molecule has 0 amide bonds. The van der Waals surface area contributed by atoms with E-state index in [1.807, 2.05) is 18.2 Å². The van der Waals surface area contributed by atoms with Gasteiger partial charge in [0.05, 0.1) is 6.42 Å². The lowest BCUT2D eigenvalue weighted by Crippen LogP contribution is -2.25. The van der Waals surface area contributed by atoms with Gasteiger partial charge in [0, 0.05) is 22.3 Å². The highest BCUT2D eigenvalue weighted by atomic mass is 32.1. The first-order valence-corrected chi connectivity index (χ1v) is 8.02. The van der Waals surface area contributed by atoms with E-state index in [0.29, 0.717) is 6.04 Å². The molecule has 0 fully saturated rings. The molecule has 0 spiro atoms. The molecule has 0 aliphatic heterocycles. The summed E-state index contributed by atoms with van der Waals surface area (Å²) in [5.41, 5.74) is 1.37. The van der Waals surface area contributed by atoms with Crippen LogP contribution in [0.3, 0.4) is 0 Å². The summed E-state index contributed by atoms with van der Waals surface area (Å²) in [6, 6.07) is 14.9. The third kappa shape index (κ3) is 5.69. The standard InChI is InChI=1S/C17H21NO2S/c1-13(7-8-14-5-3-2-4-6-14)18-12-16-10-9-15(21-16)11-17(19)20/h2-6,9-10,13,18H,7-8,11-12H2,1H3,(H,19,20). The molecule has 0 aliphatic rings. The highest BCUT2D eigenvalue weighted by molar-refractivity contribution is 7.12. The van der Waals surface area contributed by atoms with E-state index in [1.165, 1.54) is 10.4 Å². The quantitative estimate of drug-likeness (QED) is 0.785. The van der Waals surface area contributed by atoms with Gasteiger partial charge in [-0.2, -0.15) is 0 Å². The number of aryl methyl sites for hydroxylation is 1. The Morgan fingerprint density at radius 1 is 1.19 bits per heavy atom. The van der Waals surface area contributed by atoms with E-state index in [1.54, 1.807) is 11.3 Å². The zero-order valence-electron chi connectivity index (χ0n) is 12.2. The monoisotopic (exact) mass is 303 g/mol. The Morgan fingerprint density at radius 2 is 1.90 bits per heavy atom. The zero-order valence-corrected chi connectivity index (χ0v) is 13.0. The molecule has 21 heavy (non-hydrogen) atoms. The van der Waals surface area contributed by atoms with Crippen LogP contribution in [0.4, 0.5) is 0 Å². The maximum Gasteiger partial charge on any atom is 0.308 e. The molecular weight excluding hydrogens is 282 g/mol. The topological polar surface area (TPSA) is 49.3 Å². The molecule has 2 aromatic rings. The van der Waals surface area contributed by atoms with Gasteiger partial charge in [0.2, 0.25) is 0 Å². The number of carbonyl (C=O) groups is 1. The van der Waals surface area contributed by atoms with Crippen molar-refractivity contribution in [2.75, 3.05) is 0 Å². The van der Waals surface area contributed by atoms with E-state index in [-0.39, 0.29) is 6.42 Å². The fourth-order valence-corrected chi connectivity index (χ4v) is 3.13. The Balaban J connectivity index is 1.72. The molecule has 2 N–H and O–H groups in total. The van der Waals surface area contributed by atoms with Gasteiger partial charge < -0.3 is 10.4 Å². The Kier molecular flexibility index (Phi) is 5.96. The van der Waals surface area contributed by atoms with Gasteiger partial charge in [0.15, 0.2) is 0 Å². The van der Waals surface area contributed by atoms with Crippen LogP contribution in [0, 0.1) is 0 Å². The number of hydrogen-bond acceptors (Lipinski definition) is 3. The Bertz CT molecular complexity index is 565. The maximum atomic E-state index is 10.7. The Morgan fingerprint density at radius 3 is 2.62 bits per heavy atom. The lowest BCUT2D eigenvalue weighted by Gasteiger charge is -2.13. The van der Waals surface area contributed by atoms with E-state index in [0.717, 1.165) is 24.3 Å². The van der Waals surface area contributed by atoms with Crippen molar-refractivity contribution in [1.29, 1.82) is 0 Å². The molecule has 2 rings (SSSR count). The van der Waals surface area contributed by atoms with Crippen LogP contribution < -0.4 is 5.32 Å². The maximum absolute atomic E-state index is 10.7. The molecule has 112 valence electrons. The third-order valence-electron chi connectivity index (χ3n) is 3.38. The molecule has 1 aromatic carbocycles. The van der Waals surface area contributed by atoms with E-state index in [9.17, 15) is 4.79 Å². The van der Waals surface area contributed by atoms with Crippen molar-refractivity contribution in [1.82, 2.24) is 5.32 Å². The summed E-state index contributed by atoms with van der Waals surface area (Å²) in [7, 11) is 0. The summed E-state index contributed by atoms with van der Waals surface area (Å²) in [6.07, 6.45) is 2.29. The SMILES string of the molecule is CC(CCc1ccccc1)NCc1ccc(CC(=O)O)s1. The number of nitrogens with one attached hydrogen (secondary N) is 1. The number of carboxylic acids is 1. The summed E-state index contributed by atoms with van der Waals surface area (Å²) < 4.78 is 0. The molecule has 0 bridgehead atoms. The van der Waals surface area contributed by atoms with Gasteiger partial charge in [0.25, 0.3) is 0 Å². The second-order valence-electron chi connectivity index (χ2n) is 5.24. The second kappa shape index (κ2) is 7.96. The van der Waals surface area contributed by atoms with Crippen molar-refractivity contribution in [3.05, 3.63) is 57.8 Å². The molecule has 4 heteroatoms. The largest absolute Gasteiger partial charge is 0.481 e. The van der Waals surface area contributed by atoms with Crippen molar-refractivity contribution in [2.45, 2.75) is 38.8 Å². The first kappa shape index (κ1) is 15.7. The number of aliphatic carboxylic acids is 1. The summed E-state index contributed by atoms with van der Waals surface area (Å²) in [6.45, 7) is 2.99. The average Bonchev–Trinajstić information content (AvgIpc) is 2.91. The molecule has 1 unspecified atom stereocenters. The van der Waals surface area contributed by atoms with Crippen LogP contribution >= 0.6 is 11.3 Å². The fraction of sp³-hybridized carbons (Fsp3) is 0.353. The minimum Gasteiger partial charge on any atom is -0.481 e. The third-order valence-corrected chi connectivity index (χ3v) is 4.46. The van der Waals surface area contributed by atoms with Gasteiger partial charge in [0.1, 0.15) is 0 Å². The molecule has 0 aliphatic carbocycles. The number of thiophene rings is 1. The van der Waals surface area contributed by atoms with Crippen molar-refractivity contribution < 1.29 is 9.90 Å². The van der Waals surface area contributed by atoms with Gasteiger partial charge in [-0.05, 0) is 37.5 Å². The molecule has 0 saturated heterocycles. The van der Waals surface area contributed by atoms with Crippen molar-refractivity contribution >= 4 is 17.3 Å². The molecule has 0 radical (unpaired) electrons. The van der Waals surface area contributed by atoms with Gasteiger partial charge in [-0.1, -0.05) is 30.3 Å². The van der Waals surface area contributed by atoms with Crippen LogP contribution in [0.1, 0.15) is 28.7 Å². The fourth-order valence-electron chi connectivity index (χ4n) is 2.17. The lowest BCUT2D eigenvalue weighted by atomic mass is 10.1. The zero-order chi connectivity index (χ0) is 15.1. The second-order valence-corrected chi connectivity index (χ2v) is 6.50. The normalized spacial score (nSPS) is 12.2. The number of rotatable bonds is 8. The lowest BCUT2D eigenvalue weighted by molar-refractivity contribution is -0.136. The van der Waals surface area contributed by atoms with Crippen LogP contribution in [0.25, 0.3) is 0 Å². The average molecular weight is 303 g/mol. The number of carboxylic acid groups (broad SMARTS) is 1. The number of hydrogen-bond donors (Lipinski definition) is 2. The van der Waals surface area contributed by atoms with Crippen LogP contribution in [0.2, 0.25) is 0 Å². The molecule has 3 nitrogen and oxygen atoms in total. The minimum absolute atomic E-state index is 0.119. The van der Waals surface area contributed by atoms with Crippen LogP contribution in [0.15, 0.2) is 42.5 Å². The highest BCUT2D eigenvalue weighted by Crippen LogP contribution is 2.17. The van der Waals surface area contributed by atoms with E-state index >= 15 is 0 Å². The predicted molar refractivity (Wildman–Crippen MR) is 86.7 cm³/mol. The van der Waals surface area contributed by atoms with Gasteiger partial charge in [-0.25, -0.2) is 0 Å².